The van der Waals surface area contributed by atoms with E-state index in [1.54, 1.807) is 12.1 Å². The maximum absolute atomic E-state index is 11.9. The molecule has 1 aromatic heterocycles. The van der Waals surface area contributed by atoms with E-state index >= 15 is 0 Å². The molecule has 2 rings (SSSR count). The second-order valence-electron chi connectivity index (χ2n) is 4.73. The molecule has 7 heteroatoms. The Morgan fingerprint density at radius 3 is 2.70 bits per heavy atom. The quantitative estimate of drug-likeness (QED) is 0.553. The maximum Gasteiger partial charge on any atom is 0.313 e. The van der Waals surface area contributed by atoms with Crippen LogP contribution in [0.15, 0.2) is 46.7 Å². The lowest BCUT2D eigenvalue weighted by atomic mass is 10.2. The Hall–Kier alpha value is -1.83. The summed E-state index contributed by atoms with van der Waals surface area (Å²) in [6, 6.07) is 11.0. The topological polar surface area (TPSA) is 78.4 Å². The normalized spacial score (nSPS) is 11.7. The number of carbonyl (C=O) groups excluding carboxylic acids is 2. The van der Waals surface area contributed by atoms with Gasteiger partial charge in [-0.25, -0.2) is 0 Å². The molecular weight excluding hydrogens is 332 g/mol. The highest BCUT2D eigenvalue weighted by Gasteiger charge is 2.16. The lowest BCUT2D eigenvalue weighted by molar-refractivity contribution is -0.136. The Morgan fingerprint density at radius 2 is 2.00 bits per heavy atom. The van der Waals surface area contributed by atoms with Crippen LogP contribution >= 0.6 is 23.1 Å². The van der Waals surface area contributed by atoms with Crippen LogP contribution in [0.25, 0.3) is 0 Å². The molecule has 0 radical (unpaired) electrons. The van der Waals surface area contributed by atoms with E-state index in [9.17, 15) is 14.7 Å². The molecule has 2 aromatic rings. The van der Waals surface area contributed by atoms with Crippen LogP contribution in [0.3, 0.4) is 0 Å². The molecule has 1 aromatic carbocycles. The first kappa shape index (κ1) is 17.5. The van der Waals surface area contributed by atoms with Gasteiger partial charge >= 0.3 is 11.8 Å². The number of amides is 2. The van der Waals surface area contributed by atoms with Gasteiger partial charge < -0.3 is 15.7 Å². The van der Waals surface area contributed by atoms with Crippen molar-refractivity contribution in [2.75, 3.05) is 18.1 Å². The van der Waals surface area contributed by atoms with Crippen molar-refractivity contribution in [3.63, 3.8) is 0 Å². The first-order chi connectivity index (χ1) is 11.1. The van der Waals surface area contributed by atoms with Gasteiger partial charge in [0, 0.05) is 16.3 Å². The number of hydrogen-bond acceptors (Lipinski definition) is 5. The van der Waals surface area contributed by atoms with Crippen LogP contribution in [0.4, 0.5) is 5.69 Å². The second-order valence-corrected chi connectivity index (χ2v) is 6.56. The number of thioether (sulfide) groups is 1. The van der Waals surface area contributed by atoms with E-state index in [0.717, 1.165) is 9.77 Å². The Morgan fingerprint density at radius 1 is 1.22 bits per heavy atom. The fourth-order valence-corrected chi connectivity index (χ4v) is 3.25. The Labute approximate surface area is 143 Å². The SMILES string of the molecule is CSc1ccccc1NC(=O)C(=O)NCCC(O)c1cccs1. The van der Waals surface area contributed by atoms with Crippen molar-refractivity contribution in [1.82, 2.24) is 5.32 Å². The molecule has 0 saturated carbocycles. The van der Waals surface area contributed by atoms with Crippen molar-refractivity contribution in [2.24, 2.45) is 0 Å². The number of benzene rings is 1. The number of nitrogens with one attached hydrogen (secondary N) is 2. The molecule has 0 spiro atoms. The molecule has 0 fully saturated rings. The zero-order valence-corrected chi connectivity index (χ0v) is 14.2. The van der Waals surface area contributed by atoms with Gasteiger partial charge in [0.15, 0.2) is 0 Å². The number of para-hydroxylation sites is 1. The summed E-state index contributed by atoms with van der Waals surface area (Å²) in [6.45, 7) is 0.232. The van der Waals surface area contributed by atoms with Crippen molar-refractivity contribution >= 4 is 40.6 Å². The lowest BCUT2D eigenvalue weighted by Gasteiger charge is -2.11. The van der Waals surface area contributed by atoms with Crippen LogP contribution in [0, 0.1) is 0 Å². The van der Waals surface area contributed by atoms with Crippen LogP contribution in [0.2, 0.25) is 0 Å². The van der Waals surface area contributed by atoms with Gasteiger partial charge in [-0.1, -0.05) is 18.2 Å². The van der Waals surface area contributed by atoms with Gasteiger partial charge in [-0.05, 0) is 36.3 Å². The highest BCUT2D eigenvalue weighted by molar-refractivity contribution is 7.98. The minimum atomic E-state index is -0.711. The molecule has 1 atom stereocenters. The van der Waals surface area contributed by atoms with E-state index in [1.165, 1.54) is 23.1 Å². The average Bonchev–Trinajstić information content (AvgIpc) is 3.09. The first-order valence-electron chi connectivity index (χ1n) is 7.05. The van der Waals surface area contributed by atoms with E-state index in [1.807, 2.05) is 35.9 Å². The van der Waals surface area contributed by atoms with Crippen LogP contribution < -0.4 is 10.6 Å². The Balaban J connectivity index is 1.80. The summed E-state index contributed by atoms with van der Waals surface area (Å²) in [4.78, 5) is 25.4. The minimum absolute atomic E-state index is 0.232. The number of anilines is 1. The number of aliphatic hydroxyl groups is 1. The van der Waals surface area contributed by atoms with Crippen LogP contribution in [0.1, 0.15) is 17.4 Å². The molecule has 2 amide bonds. The van der Waals surface area contributed by atoms with E-state index in [0.29, 0.717) is 12.1 Å². The maximum atomic E-state index is 11.9. The largest absolute Gasteiger partial charge is 0.388 e. The number of aliphatic hydroxyl groups excluding tert-OH is 1. The van der Waals surface area contributed by atoms with Gasteiger partial charge in [-0.2, -0.15) is 0 Å². The van der Waals surface area contributed by atoms with Gasteiger partial charge in [0.2, 0.25) is 0 Å². The van der Waals surface area contributed by atoms with Gasteiger partial charge in [-0.15, -0.1) is 23.1 Å². The standard InChI is InChI=1S/C16H18N2O3S2/c1-22-13-6-3-2-5-11(13)18-16(21)15(20)17-9-8-12(19)14-7-4-10-23-14/h2-7,10,12,19H,8-9H2,1H3,(H,17,20)(H,18,21). The van der Waals surface area contributed by atoms with Gasteiger partial charge in [0.25, 0.3) is 0 Å². The minimum Gasteiger partial charge on any atom is -0.388 e. The molecule has 3 N–H and O–H groups in total. The number of carbonyl (C=O) groups is 2. The monoisotopic (exact) mass is 350 g/mol. The summed E-state index contributed by atoms with van der Waals surface area (Å²) in [5.74, 6) is -1.42. The molecule has 0 aliphatic heterocycles. The summed E-state index contributed by atoms with van der Waals surface area (Å²) in [5, 5.41) is 16.9. The van der Waals surface area contributed by atoms with Crippen molar-refractivity contribution in [3.8, 4) is 0 Å². The van der Waals surface area contributed by atoms with Crippen LogP contribution in [-0.4, -0.2) is 29.7 Å². The summed E-state index contributed by atoms with van der Waals surface area (Å²) < 4.78 is 0. The lowest BCUT2D eigenvalue weighted by Crippen LogP contribution is -2.36. The predicted octanol–water partition coefficient (Wildman–Crippen LogP) is 2.65. The number of hydrogen-bond donors (Lipinski definition) is 3. The van der Waals surface area contributed by atoms with Crippen molar-refractivity contribution in [2.45, 2.75) is 17.4 Å². The van der Waals surface area contributed by atoms with Gasteiger partial charge in [0.05, 0.1) is 11.8 Å². The summed E-state index contributed by atoms with van der Waals surface area (Å²) in [6.07, 6.45) is 1.63. The zero-order valence-electron chi connectivity index (χ0n) is 12.6. The number of thiophene rings is 1. The van der Waals surface area contributed by atoms with Gasteiger partial charge in [-0.3, -0.25) is 9.59 Å². The Kier molecular flexibility index (Phi) is 6.64. The molecule has 23 heavy (non-hydrogen) atoms. The third-order valence-corrected chi connectivity index (χ3v) is 4.91. The molecule has 0 saturated heterocycles. The summed E-state index contributed by atoms with van der Waals surface area (Å²) in [5.41, 5.74) is 0.610. The highest BCUT2D eigenvalue weighted by atomic mass is 32.2. The van der Waals surface area contributed by atoms with Gasteiger partial charge in [0.1, 0.15) is 0 Å². The summed E-state index contributed by atoms with van der Waals surface area (Å²) in [7, 11) is 0. The molecule has 0 aliphatic carbocycles. The van der Waals surface area contributed by atoms with Crippen LogP contribution in [-0.2, 0) is 9.59 Å². The van der Waals surface area contributed by atoms with E-state index in [-0.39, 0.29) is 6.54 Å². The molecule has 1 unspecified atom stereocenters. The Bertz CT molecular complexity index is 659. The van der Waals surface area contributed by atoms with Crippen molar-refractivity contribution < 1.29 is 14.7 Å². The van der Waals surface area contributed by atoms with Crippen LogP contribution in [0.5, 0.6) is 0 Å². The molecular formula is C16H18N2O3S2. The molecule has 5 nitrogen and oxygen atoms in total. The van der Waals surface area contributed by atoms with E-state index < -0.39 is 17.9 Å². The van der Waals surface area contributed by atoms with Crippen molar-refractivity contribution in [1.29, 1.82) is 0 Å². The van der Waals surface area contributed by atoms with Crippen molar-refractivity contribution in [3.05, 3.63) is 46.7 Å². The third-order valence-electron chi connectivity index (χ3n) is 3.14. The fraction of sp³-hybridized carbons (Fsp3) is 0.250. The fourth-order valence-electron chi connectivity index (χ4n) is 1.95. The zero-order chi connectivity index (χ0) is 16.7. The van der Waals surface area contributed by atoms with E-state index in [2.05, 4.69) is 10.6 Å². The first-order valence-corrected chi connectivity index (χ1v) is 9.16. The second kappa shape index (κ2) is 8.71. The number of rotatable bonds is 6. The average molecular weight is 350 g/mol. The van der Waals surface area contributed by atoms with E-state index in [4.69, 9.17) is 0 Å². The summed E-state index contributed by atoms with van der Waals surface area (Å²) >= 11 is 2.95. The smallest absolute Gasteiger partial charge is 0.313 e. The third kappa shape index (κ3) is 5.09. The highest BCUT2D eigenvalue weighted by Crippen LogP contribution is 2.24. The predicted molar refractivity (Wildman–Crippen MR) is 93.8 cm³/mol. The molecule has 0 aliphatic rings. The molecule has 1 heterocycles. The molecule has 0 bridgehead atoms. The molecule has 122 valence electrons.